The molecule has 0 fully saturated rings. The summed E-state index contributed by atoms with van der Waals surface area (Å²) in [6, 6.07) is 0. The fraction of sp³-hybridized carbons (Fsp3) is 0.750. The second-order valence-electron chi connectivity index (χ2n) is 4.82. The third-order valence-electron chi connectivity index (χ3n) is 1.89. The third kappa shape index (κ3) is 9.62. The SMILES string of the molecule is COC(=O)CCCC(=O)CNC(=O)OC(C)(C)C. The number of Topliss-reactive ketones (excluding diaryl/α,β-unsaturated/α-hetero) is 1. The molecule has 0 heterocycles. The van der Waals surface area contributed by atoms with Crippen LogP contribution in [0.25, 0.3) is 0 Å². The van der Waals surface area contributed by atoms with Crippen LogP contribution in [0.5, 0.6) is 0 Å². The van der Waals surface area contributed by atoms with E-state index in [0.29, 0.717) is 6.42 Å². The normalized spacial score (nSPS) is 10.7. The van der Waals surface area contributed by atoms with Gasteiger partial charge in [-0.25, -0.2) is 4.79 Å². The van der Waals surface area contributed by atoms with E-state index >= 15 is 0 Å². The van der Waals surface area contributed by atoms with E-state index in [4.69, 9.17) is 4.74 Å². The lowest BCUT2D eigenvalue weighted by Gasteiger charge is -2.19. The number of amides is 1. The minimum absolute atomic E-state index is 0.0872. The number of hydrogen-bond donors (Lipinski definition) is 1. The molecule has 0 atom stereocenters. The summed E-state index contributed by atoms with van der Waals surface area (Å²) < 4.78 is 9.42. The number of ketones is 1. The van der Waals surface area contributed by atoms with Gasteiger partial charge >= 0.3 is 12.1 Å². The maximum atomic E-state index is 11.4. The molecule has 18 heavy (non-hydrogen) atoms. The number of carbonyl (C=O) groups excluding carboxylic acids is 3. The average molecular weight is 259 g/mol. The molecule has 0 bridgehead atoms. The Balaban J connectivity index is 3.71. The maximum Gasteiger partial charge on any atom is 0.408 e. The Morgan fingerprint density at radius 1 is 1.11 bits per heavy atom. The molecule has 1 amide bonds. The maximum absolute atomic E-state index is 11.4. The molecule has 0 saturated heterocycles. The van der Waals surface area contributed by atoms with Crippen molar-refractivity contribution in [1.29, 1.82) is 0 Å². The molecule has 0 saturated carbocycles. The smallest absolute Gasteiger partial charge is 0.408 e. The van der Waals surface area contributed by atoms with Crippen LogP contribution in [0.2, 0.25) is 0 Å². The summed E-state index contributed by atoms with van der Waals surface area (Å²) in [6.45, 7) is 5.14. The number of carbonyl (C=O) groups is 3. The molecule has 6 nitrogen and oxygen atoms in total. The van der Waals surface area contributed by atoms with E-state index in [-0.39, 0.29) is 31.1 Å². The molecule has 6 heteroatoms. The lowest BCUT2D eigenvalue weighted by atomic mass is 10.2. The zero-order valence-electron chi connectivity index (χ0n) is 11.4. The minimum atomic E-state index is -0.621. The number of nitrogens with one attached hydrogen (secondary N) is 1. The van der Waals surface area contributed by atoms with Crippen molar-refractivity contribution in [1.82, 2.24) is 5.32 Å². The number of rotatable bonds is 6. The summed E-state index contributed by atoms with van der Waals surface area (Å²) >= 11 is 0. The number of esters is 1. The van der Waals surface area contributed by atoms with Crippen molar-refractivity contribution in [3.63, 3.8) is 0 Å². The van der Waals surface area contributed by atoms with E-state index in [0.717, 1.165) is 0 Å². The van der Waals surface area contributed by atoms with Crippen LogP contribution >= 0.6 is 0 Å². The zero-order chi connectivity index (χ0) is 14.2. The lowest BCUT2D eigenvalue weighted by Crippen LogP contribution is -2.35. The molecule has 0 unspecified atom stereocenters. The van der Waals surface area contributed by atoms with Crippen LogP contribution in [0.1, 0.15) is 40.0 Å². The average Bonchev–Trinajstić information content (AvgIpc) is 2.23. The molecule has 1 N–H and O–H groups in total. The first-order valence-electron chi connectivity index (χ1n) is 5.80. The summed E-state index contributed by atoms with van der Waals surface area (Å²) in [5.74, 6) is -0.493. The van der Waals surface area contributed by atoms with Crippen LogP contribution < -0.4 is 5.32 Å². The Kier molecular flexibility index (Phi) is 7.00. The van der Waals surface area contributed by atoms with Gasteiger partial charge in [0.15, 0.2) is 5.78 Å². The monoisotopic (exact) mass is 259 g/mol. The van der Waals surface area contributed by atoms with Crippen LogP contribution in [0, 0.1) is 0 Å². The predicted molar refractivity (Wildman–Crippen MR) is 65.1 cm³/mol. The van der Waals surface area contributed by atoms with Crippen LogP contribution in [0.15, 0.2) is 0 Å². The van der Waals surface area contributed by atoms with E-state index in [1.807, 2.05) is 0 Å². The first-order valence-corrected chi connectivity index (χ1v) is 5.80. The molecule has 0 aliphatic heterocycles. The number of hydrogen-bond acceptors (Lipinski definition) is 5. The van der Waals surface area contributed by atoms with Crippen molar-refractivity contribution in [2.45, 2.75) is 45.6 Å². The molecule has 0 aromatic rings. The Labute approximate surface area is 107 Å². The summed E-state index contributed by atoms with van der Waals surface area (Å²) in [5.41, 5.74) is -0.585. The molecule has 0 rings (SSSR count). The van der Waals surface area contributed by atoms with Gasteiger partial charge in [0.05, 0.1) is 13.7 Å². The van der Waals surface area contributed by atoms with Gasteiger partial charge in [0, 0.05) is 12.8 Å². The quantitative estimate of drug-likeness (QED) is 0.729. The van der Waals surface area contributed by atoms with E-state index in [1.165, 1.54) is 7.11 Å². The van der Waals surface area contributed by atoms with Gasteiger partial charge in [-0.15, -0.1) is 0 Å². The highest BCUT2D eigenvalue weighted by Gasteiger charge is 2.16. The van der Waals surface area contributed by atoms with E-state index < -0.39 is 11.7 Å². The van der Waals surface area contributed by atoms with Gasteiger partial charge in [0.25, 0.3) is 0 Å². The molecule has 0 aliphatic rings. The highest BCUT2D eigenvalue weighted by Crippen LogP contribution is 2.06. The summed E-state index contributed by atoms with van der Waals surface area (Å²) in [7, 11) is 1.30. The highest BCUT2D eigenvalue weighted by atomic mass is 16.6. The van der Waals surface area contributed by atoms with Gasteiger partial charge in [-0.3, -0.25) is 9.59 Å². The second kappa shape index (κ2) is 7.68. The molecular weight excluding hydrogens is 238 g/mol. The van der Waals surface area contributed by atoms with E-state index in [9.17, 15) is 14.4 Å². The molecular formula is C12H21NO5. The molecule has 104 valence electrons. The van der Waals surface area contributed by atoms with Crippen LogP contribution in [-0.2, 0) is 19.1 Å². The molecule has 0 spiro atoms. The van der Waals surface area contributed by atoms with Crippen molar-refractivity contribution in [2.24, 2.45) is 0 Å². The lowest BCUT2D eigenvalue weighted by molar-refractivity contribution is -0.140. The fourth-order valence-corrected chi connectivity index (χ4v) is 1.11. The topological polar surface area (TPSA) is 81.7 Å². The van der Waals surface area contributed by atoms with E-state index in [2.05, 4.69) is 10.1 Å². The van der Waals surface area contributed by atoms with Crippen LogP contribution in [0.4, 0.5) is 4.79 Å². The Hall–Kier alpha value is -1.59. The first kappa shape index (κ1) is 16.4. The number of alkyl carbamates (subject to hydrolysis) is 1. The standard InChI is InChI=1S/C12H21NO5/c1-12(2,3)18-11(16)13-8-9(14)6-5-7-10(15)17-4/h5-8H2,1-4H3,(H,13,16). The molecule has 0 aliphatic carbocycles. The van der Waals surface area contributed by atoms with Crippen molar-refractivity contribution in [2.75, 3.05) is 13.7 Å². The van der Waals surface area contributed by atoms with Crippen molar-refractivity contribution >= 4 is 17.8 Å². The highest BCUT2D eigenvalue weighted by molar-refractivity contribution is 5.84. The first-order chi connectivity index (χ1) is 8.24. The molecule has 0 aromatic heterocycles. The van der Waals surface area contributed by atoms with Crippen molar-refractivity contribution < 1.29 is 23.9 Å². The minimum Gasteiger partial charge on any atom is -0.469 e. The van der Waals surface area contributed by atoms with E-state index in [1.54, 1.807) is 20.8 Å². The zero-order valence-corrected chi connectivity index (χ0v) is 11.4. The number of methoxy groups -OCH3 is 1. The largest absolute Gasteiger partial charge is 0.469 e. The van der Waals surface area contributed by atoms with Crippen molar-refractivity contribution in [3.05, 3.63) is 0 Å². The Bertz CT molecular complexity index is 306. The van der Waals surface area contributed by atoms with Gasteiger partial charge in [-0.05, 0) is 27.2 Å². The summed E-state index contributed by atoms with van der Waals surface area (Å²) in [4.78, 5) is 33.4. The third-order valence-corrected chi connectivity index (χ3v) is 1.89. The van der Waals surface area contributed by atoms with Crippen molar-refractivity contribution in [3.8, 4) is 0 Å². The number of ether oxygens (including phenoxy) is 2. The molecule has 0 radical (unpaired) electrons. The molecule has 0 aromatic carbocycles. The van der Waals surface area contributed by atoms with Crippen LogP contribution in [-0.4, -0.2) is 37.1 Å². The van der Waals surface area contributed by atoms with Gasteiger partial charge in [0.2, 0.25) is 0 Å². The van der Waals surface area contributed by atoms with Gasteiger partial charge < -0.3 is 14.8 Å². The van der Waals surface area contributed by atoms with Gasteiger partial charge in [-0.2, -0.15) is 0 Å². The second-order valence-corrected chi connectivity index (χ2v) is 4.82. The van der Waals surface area contributed by atoms with Gasteiger partial charge in [-0.1, -0.05) is 0 Å². The summed E-state index contributed by atoms with van der Waals surface area (Å²) in [5, 5.41) is 2.36. The Morgan fingerprint density at radius 3 is 2.22 bits per heavy atom. The van der Waals surface area contributed by atoms with Gasteiger partial charge in [0.1, 0.15) is 5.60 Å². The summed E-state index contributed by atoms with van der Waals surface area (Å²) in [6.07, 6.45) is 0.227. The fourth-order valence-electron chi connectivity index (χ4n) is 1.11. The Morgan fingerprint density at radius 2 is 1.72 bits per heavy atom. The predicted octanol–water partition coefficient (Wildman–Crippen LogP) is 1.42. The van der Waals surface area contributed by atoms with Crippen LogP contribution in [0.3, 0.4) is 0 Å².